The van der Waals surface area contributed by atoms with Gasteiger partial charge in [-0.25, -0.2) is 10.2 Å². The molecule has 0 atom stereocenters. The third kappa shape index (κ3) is 4.11. The van der Waals surface area contributed by atoms with Gasteiger partial charge in [0, 0.05) is 13.6 Å². The molecule has 0 unspecified atom stereocenters. The van der Waals surface area contributed by atoms with Crippen molar-refractivity contribution in [3.05, 3.63) is 62.8 Å². The lowest BCUT2D eigenvalue weighted by Crippen LogP contribution is -2.29. The summed E-state index contributed by atoms with van der Waals surface area (Å²) in [4.78, 5) is 31.0. The molecular weight excluding hydrogens is 356 g/mol. The Bertz CT molecular complexity index is 1150. The first-order valence-corrected chi connectivity index (χ1v) is 9.09. The fraction of sp³-hybridized carbons (Fsp3) is 0.300. The van der Waals surface area contributed by atoms with Gasteiger partial charge >= 0.3 is 5.69 Å². The molecule has 0 saturated carbocycles. The number of aromatic amines is 1. The quantitative estimate of drug-likeness (QED) is 0.507. The SMILES string of the molecule is CC(/C=C/c1ccccc1)=N/Nc1nc2c(c(=O)[nH]c(=O)n2C)n1CC(C)C. The smallest absolute Gasteiger partial charge is 0.303 e. The number of rotatable bonds is 6. The summed E-state index contributed by atoms with van der Waals surface area (Å²) in [6, 6.07) is 9.92. The number of allylic oxidation sites excluding steroid dienone is 1. The Morgan fingerprint density at radius 1 is 1.29 bits per heavy atom. The van der Waals surface area contributed by atoms with Crippen LogP contribution in [-0.2, 0) is 13.6 Å². The van der Waals surface area contributed by atoms with Crippen LogP contribution in [-0.4, -0.2) is 24.8 Å². The predicted octanol–water partition coefficient (Wildman–Crippen LogP) is 2.58. The minimum absolute atomic E-state index is 0.276. The fourth-order valence-corrected chi connectivity index (χ4v) is 2.82. The first kappa shape index (κ1) is 19.3. The number of imidazole rings is 1. The number of benzene rings is 1. The summed E-state index contributed by atoms with van der Waals surface area (Å²) in [7, 11) is 1.58. The van der Waals surface area contributed by atoms with E-state index in [1.54, 1.807) is 11.6 Å². The molecule has 0 amide bonds. The molecule has 2 aromatic heterocycles. The second-order valence-corrected chi connectivity index (χ2v) is 7.04. The van der Waals surface area contributed by atoms with Crippen LogP contribution in [0.4, 0.5) is 5.95 Å². The molecule has 0 bridgehead atoms. The number of H-pyrrole nitrogens is 1. The summed E-state index contributed by atoms with van der Waals surface area (Å²) in [6.07, 6.45) is 3.85. The van der Waals surface area contributed by atoms with Crippen LogP contribution in [0.5, 0.6) is 0 Å². The Hall–Kier alpha value is -3.42. The van der Waals surface area contributed by atoms with Crippen molar-refractivity contribution in [3.63, 3.8) is 0 Å². The van der Waals surface area contributed by atoms with Crippen molar-refractivity contribution >= 4 is 28.9 Å². The summed E-state index contributed by atoms with van der Waals surface area (Å²) >= 11 is 0. The van der Waals surface area contributed by atoms with Crippen molar-refractivity contribution in [2.75, 3.05) is 5.43 Å². The van der Waals surface area contributed by atoms with Gasteiger partial charge in [-0.05, 0) is 24.5 Å². The zero-order valence-electron chi connectivity index (χ0n) is 16.4. The van der Waals surface area contributed by atoms with Crippen LogP contribution in [0.25, 0.3) is 17.2 Å². The first-order valence-electron chi connectivity index (χ1n) is 9.09. The van der Waals surface area contributed by atoms with Gasteiger partial charge < -0.3 is 4.57 Å². The number of hydrogen-bond donors (Lipinski definition) is 2. The van der Waals surface area contributed by atoms with Gasteiger partial charge in [0.15, 0.2) is 11.2 Å². The van der Waals surface area contributed by atoms with Gasteiger partial charge in [0.05, 0.1) is 5.71 Å². The fourth-order valence-electron chi connectivity index (χ4n) is 2.82. The highest BCUT2D eigenvalue weighted by Gasteiger charge is 2.17. The topological polar surface area (TPSA) is 97.1 Å². The number of aryl methyl sites for hydroxylation is 1. The van der Waals surface area contributed by atoms with E-state index in [0.717, 1.165) is 11.3 Å². The van der Waals surface area contributed by atoms with Crippen LogP contribution in [0.2, 0.25) is 0 Å². The van der Waals surface area contributed by atoms with E-state index in [2.05, 4.69) is 20.5 Å². The minimum atomic E-state index is -0.497. The maximum Gasteiger partial charge on any atom is 0.329 e. The lowest BCUT2D eigenvalue weighted by molar-refractivity contribution is 0.535. The summed E-state index contributed by atoms with van der Waals surface area (Å²) in [5.41, 5.74) is 4.48. The van der Waals surface area contributed by atoms with Crippen LogP contribution in [0.1, 0.15) is 26.3 Å². The molecule has 1 aromatic carbocycles. The van der Waals surface area contributed by atoms with E-state index in [1.807, 2.05) is 63.3 Å². The number of hydrazone groups is 1. The second kappa shape index (κ2) is 8.08. The average molecular weight is 380 g/mol. The van der Waals surface area contributed by atoms with E-state index in [-0.39, 0.29) is 5.92 Å². The zero-order valence-corrected chi connectivity index (χ0v) is 16.4. The minimum Gasteiger partial charge on any atom is -0.303 e. The summed E-state index contributed by atoms with van der Waals surface area (Å²) < 4.78 is 3.08. The highest BCUT2D eigenvalue weighted by molar-refractivity contribution is 5.96. The lowest BCUT2D eigenvalue weighted by Gasteiger charge is -2.10. The van der Waals surface area contributed by atoms with Crippen LogP contribution < -0.4 is 16.7 Å². The van der Waals surface area contributed by atoms with Crippen molar-refractivity contribution in [1.29, 1.82) is 0 Å². The van der Waals surface area contributed by atoms with Crippen molar-refractivity contribution in [3.8, 4) is 0 Å². The number of aromatic nitrogens is 4. The summed E-state index contributed by atoms with van der Waals surface area (Å²) in [5, 5.41) is 4.35. The number of fused-ring (bicyclic) bond motifs is 1. The Kier molecular flexibility index (Phi) is 5.58. The largest absolute Gasteiger partial charge is 0.329 e. The van der Waals surface area contributed by atoms with Gasteiger partial charge in [-0.15, -0.1) is 0 Å². The molecule has 8 nitrogen and oxygen atoms in total. The zero-order chi connectivity index (χ0) is 20.3. The van der Waals surface area contributed by atoms with Gasteiger partial charge in [0.25, 0.3) is 5.56 Å². The molecule has 0 aliphatic rings. The Labute approximate surface area is 162 Å². The van der Waals surface area contributed by atoms with E-state index in [4.69, 9.17) is 0 Å². The maximum atomic E-state index is 12.4. The third-order valence-corrected chi connectivity index (χ3v) is 4.20. The Morgan fingerprint density at radius 3 is 2.68 bits per heavy atom. The normalized spacial score (nSPS) is 12.4. The summed E-state index contributed by atoms with van der Waals surface area (Å²) in [5.74, 6) is 0.695. The van der Waals surface area contributed by atoms with Gasteiger partial charge in [-0.2, -0.15) is 10.1 Å². The molecule has 0 aliphatic heterocycles. The molecule has 0 aliphatic carbocycles. The van der Waals surface area contributed by atoms with Gasteiger partial charge in [-0.1, -0.05) is 50.3 Å². The van der Waals surface area contributed by atoms with E-state index in [0.29, 0.717) is 23.7 Å². The van der Waals surface area contributed by atoms with Crippen LogP contribution in [0.15, 0.2) is 51.1 Å². The molecule has 0 spiro atoms. The standard InChI is InChI=1S/C20H24N6O2/c1-13(2)12-26-16-17(25(4)20(28)22-18(16)27)21-19(26)24-23-14(3)10-11-15-8-6-5-7-9-15/h5-11,13H,12H2,1-4H3,(H,21,24)(H,22,27,28)/b11-10+,23-14-. The molecule has 146 valence electrons. The Morgan fingerprint density at radius 2 is 2.00 bits per heavy atom. The summed E-state index contributed by atoms with van der Waals surface area (Å²) in [6.45, 7) is 6.52. The average Bonchev–Trinajstić information content (AvgIpc) is 3.02. The Balaban J connectivity index is 1.97. The van der Waals surface area contributed by atoms with Crippen LogP contribution in [0, 0.1) is 5.92 Å². The van der Waals surface area contributed by atoms with E-state index < -0.39 is 11.2 Å². The van der Waals surface area contributed by atoms with Crippen LogP contribution >= 0.6 is 0 Å². The number of nitrogens with one attached hydrogen (secondary N) is 2. The monoisotopic (exact) mass is 380 g/mol. The molecule has 28 heavy (non-hydrogen) atoms. The third-order valence-electron chi connectivity index (χ3n) is 4.20. The van der Waals surface area contributed by atoms with E-state index in [9.17, 15) is 9.59 Å². The van der Waals surface area contributed by atoms with Crippen molar-refractivity contribution in [2.24, 2.45) is 18.1 Å². The number of anilines is 1. The molecular formula is C20H24N6O2. The second-order valence-electron chi connectivity index (χ2n) is 7.04. The molecule has 0 saturated heterocycles. The van der Waals surface area contributed by atoms with Crippen LogP contribution in [0.3, 0.4) is 0 Å². The molecule has 8 heteroatoms. The van der Waals surface area contributed by atoms with E-state index in [1.165, 1.54) is 4.57 Å². The van der Waals surface area contributed by atoms with Crippen molar-refractivity contribution in [2.45, 2.75) is 27.3 Å². The highest BCUT2D eigenvalue weighted by Crippen LogP contribution is 2.17. The molecule has 0 radical (unpaired) electrons. The highest BCUT2D eigenvalue weighted by atomic mass is 16.2. The molecule has 2 heterocycles. The predicted molar refractivity (Wildman–Crippen MR) is 113 cm³/mol. The van der Waals surface area contributed by atoms with Gasteiger partial charge in [-0.3, -0.25) is 14.3 Å². The van der Waals surface area contributed by atoms with Crippen molar-refractivity contribution in [1.82, 2.24) is 19.1 Å². The van der Waals surface area contributed by atoms with Gasteiger partial charge in [0.1, 0.15) is 0 Å². The maximum absolute atomic E-state index is 12.4. The molecule has 0 fully saturated rings. The van der Waals surface area contributed by atoms with Gasteiger partial charge in [0.2, 0.25) is 5.95 Å². The van der Waals surface area contributed by atoms with E-state index >= 15 is 0 Å². The molecule has 3 rings (SSSR count). The number of hydrogen-bond acceptors (Lipinski definition) is 5. The molecule has 3 aromatic rings. The molecule has 2 N–H and O–H groups in total. The first-order chi connectivity index (χ1) is 13.4. The van der Waals surface area contributed by atoms with Crippen molar-refractivity contribution < 1.29 is 0 Å². The number of nitrogens with zero attached hydrogens (tertiary/aromatic N) is 4. The lowest BCUT2D eigenvalue weighted by atomic mass is 10.2.